The molecule has 6 heteroatoms. The first-order chi connectivity index (χ1) is 17.5. The molecule has 0 heterocycles. The first-order valence-electron chi connectivity index (χ1n) is 15.1. The second-order valence-corrected chi connectivity index (χ2v) is 11.5. The van der Waals surface area contributed by atoms with E-state index in [1.54, 1.807) is 0 Å². The average Bonchev–Trinajstić information content (AvgIpc) is 2.86. The third-order valence-corrected chi connectivity index (χ3v) is 7.53. The van der Waals surface area contributed by atoms with Gasteiger partial charge in [-0.05, 0) is 26.2 Å². The van der Waals surface area contributed by atoms with E-state index in [4.69, 9.17) is 14.2 Å². The number of ether oxygens (including phenoxy) is 3. The smallest absolute Gasteiger partial charge is 0.319 e. The average molecular weight is 531 g/mol. The summed E-state index contributed by atoms with van der Waals surface area (Å²) in [6, 6.07) is 0. The fourth-order valence-electron chi connectivity index (χ4n) is 3.95. The Morgan fingerprint density at radius 2 is 1.03 bits per heavy atom. The maximum Gasteiger partial charge on any atom is 0.319 e. The molecule has 0 N–H and O–H groups in total. The van der Waals surface area contributed by atoms with Crippen molar-refractivity contribution in [2.45, 2.75) is 160 Å². The van der Waals surface area contributed by atoms with Gasteiger partial charge in [0.2, 0.25) is 0 Å². The summed E-state index contributed by atoms with van der Waals surface area (Å²) in [5, 5.41) is -0.581. The van der Waals surface area contributed by atoms with Crippen molar-refractivity contribution in [3.63, 3.8) is 0 Å². The van der Waals surface area contributed by atoms with Crippen LogP contribution in [0.15, 0.2) is 0 Å². The van der Waals surface area contributed by atoms with Gasteiger partial charge in [-0.3, -0.25) is 9.59 Å². The lowest BCUT2D eigenvalue weighted by Gasteiger charge is -2.20. The van der Waals surface area contributed by atoms with Crippen LogP contribution < -0.4 is 0 Å². The highest BCUT2D eigenvalue weighted by atomic mass is 32.2. The highest BCUT2D eigenvalue weighted by Gasteiger charge is 2.27. The molecule has 0 aromatic heterocycles. The summed E-state index contributed by atoms with van der Waals surface area (Å²) in [5.41, 5.74) is -0.167. The molecule has 0 fully saturated rings. The molecule has 0 radical (unpaired) electrons. The van der Waals surface area contributed by atoms with Gasteiger partial charge in [0, 0.05) is 6.61 Å². The summed E-state index contributed by atoms with van der Waals surface area (Å²) >= 11 is 1.37. The van der Waals surface area contributed by atoms with Gasteiger partial charge in [0.1, 0.15) is 10.7 Å². The zero-order chi connectivity index (χ0) is 26.7. The molecule has 36 heavy (non-hydrogen) atoms. The molecule has 0 aromatic rings. The van der Waals surface area contributed by atoms with Gasteiger partial charge >= 0.3 is 11.9 Å². The van der Waals surface area contributed by atoms with Gasteiger partial charge in [0.25, 0.3) is 0 Å². The lowest BCUT2D eigenvalue weighted by atomic mass is 10.0. The Morgan fingerprint density at radius 1 is 0.583 bits per heavy atom. The molecule has 5 nitrogen and oxygen atoms in total. The van der Waals surface area contributed by atoms with Crippen LogP contribution in [-0.4, -0.2) is 42.4 Å². The van der Waals surface area contributed by atoms with Crippen molar-refractivity contribution in [3.8, 4) is 0 Å². The molecule has 2 atom stereocenters. The Morgan fingerprint density at radius 3 is 1.53 bits per heavy atom. The quantitative estimate of drug-likeness (QED) is 0.0600. The van der Waals surface area contributed by atoms with Crippen molar-refractivity contribution in [3.05, 3.63) is 0 Å². The summed E-state index contributed by atoms with van der Waals surface area (Å²) in [5.74, 6) is -0.680. The van der Waals surface area contributed by atoms with Crippen LogP contribution in [0.2, 0.25) is 0 Å². The van der Waals surface area contributed by atoms with E-state index < -0.39 is 5.25 Å². The number of hydrogen-bond donors (Lipinski definition) is 0. The number of unbranched alkanes of at least 4 members (excludes halogenated alkanes) is 15. The second-order valence-electron chi connectivity index (χ2n) is 9.96. The zero-order valence-corrected chi connectivity index (χ0v) is 25.0. The van der Waals surface area contributed by atoms with Crippen LogP contribution in [0.4, 0.5) is 0 Å². The molecular formula is C30H58O5S. The van der Waals surface area contributed by atoms with Crippen LogP contribution in [0.1, 0.15) is 150 Å². The van der Waals surface area contributed by atoms with E-state index in [0.29, 0.717) is 19.8 Å². The topological polar surface area (TPSA) is 61.8 Å². The number of hydrogen-bond acceptors (Lipinski definition) is 6. The first kappa shape index (κ1) is 35.2. The Labute approximate surface area is 227 Å². The molecule has 0 aliphatic heterocycles. The van der Waals surface area contributed by atoms with E-state index >= 15 is 0 Å². The molecule has 0 amide bonds. The molecule has 0 rings (SSSR count). The van der Waals surface area contributed by atoms with Crippen LogP contribution in [0, 0.1) is 0 Å². The fourth-order valence-corrected chi connectivity index (χ4v) is 5.00. The summed E-state index contributed by atoms with van der Waals surface area (Å²) in [6.45, 7) is 9.81. The summed E-state index contributed by atoms with van der Waals surface area (Å²) < 4.78 is 16.6. The predicted octanol–water partition coefficient (Wildman–Crippen LogP) is 9.01. The van der Waals surface area contributed by atoms with Crippen molar-refractivity contribution >= 4 is 23.7 Å². The van der Waals surface area contributed by atoms with Gasteiger partial charge in [-0.25, -0.2) is 0 Å². The molecule has 0 saturated carbocycles. The van der Waals surface area contributed by atoms with Crippen LogP contribution >= 0.6 is 11.8 Å². The second kappa shape index (κ2) is 27.3. The van der Waals surface area contributed by atoms with E-state index in [1.165, 1.54) is 95.2 Å². The van der Waals surface area contributed by atoms with Crippen LogP contribution in [0.5, 0.6) is 0 Å². The monoisotopic (exact) mass is 530 g/mol. The summed E-state index contributed by atoms with van der Waals surface area (Å²) in [6.07, 6.45) is 22.3. The third-order valence-electron chi connectivity index (χ3n) is 6.32. The molecule has 0 aromatic carbocycles. The number of rotatable bonds is 27. The van der Waals surface area contributed by atoms with Gasteiger partial charge in [-0.15, -0.1) is 11.8 Å². The number of carbonyl (C=O) groups excluding carboxylic acids is 2. The Bertz CT molecular complexity index is 500. The fraction of sp³-hybridized carbons (Fsp3) is 0.933. The first-order valence-corrected chi connectivity index (χ1v) is 16.1. The molecular weight excluding hydrogens is 472 g/mol. The Hall–Kier alpha value is -0.750. The molecule has 0 spiro atoms. The van der Waals surface area contributed by atoms with Crippen LogP contribution in [0.25, 0.3) is 0 Å². The summed E-state index contributed by atoms with van der Waals surface area (Å²) in [4.78, 5) is 24.7. The molecule has 0 saturated heterocycles. The minimum Gasteiger partial charge on any atom is -0.466 e. The van der Waals surface area contributed by atoms with E-state index in [9.17, 15) is 9.59 Å². The van der Waals surface area contributed by atoms with E-state index in [1.807, 2.05) is 6.92 Å². The van der Waals surface area contributed by atoms with Gasteiger partial charge in [-0.1, -0.05) is 117 Å². The largest absolute Gasteiger partial charge is 0.466 e. The Kier molecular flexibility index (Phi) is 26.7. The maximum atomic E-state index is 12.5. The molecule has 0 bridgehead atoms. The number of thioether (sulfide) groups is 1. The standard InChI is InChI=1S/C30H58O5S/c1-5-8-11-12-13-14-15-16-17-18-19-20-21-22-25-33-27(4)36-28(30(32)35-24-10-7-3)26-29(31)34-23-9-6-2/h27-28H,5-26H2,1-4H3/t27-,28?/m0/s1. The highest BCUT2D eigenvalue weighted by molar-refractivity contribution is 8.01. The van der Waals surface area contributed by atoms with Gasteiger partial charge in [0.05, 0.1) is 19.6 Å². The minimum absolute atomic E-state index is 0.0336. The van der Waals surface area contributed by atoms with E-state index in [-0.39, 0.29) is 23.8 Å². The zero-order valence-electron chi connectivity index (χ0n) is 24.2. The predicted molar refractivity (Wildman–Crippen MR) is 153 cm³/mol. The van der Waals surface area contributed by atoms with Gasteiger partial charge < -0.3 is 14.2 Å². The van der Waals surface area contributed by atoms with E-state index in [2.05, 4.69) is 20.8 Å². The normalized spacial score (nSPS) is 12.9. The SMILES string of the molecule is CCCCCCCCCCCCCCCCO[C@H](C)SC(CC(=O)OCCCC)C(=O)OCCCC. The maximum absolute atomic E-state index is 12.5. The van der Waals surface area contributed by atoms with Crippen molar-refractivity contribution in [1.29, 1.82) is 0 Å². The molecule has 0 aliphatic rings. The van der Waals surface area contributed by atoms with Crippen molar-refractivity contribution in [1.82, 2.24) is 0 Å². The van der Waals surface area contributed by atoms with Crippen LogP contribution in [0.3, 0.4) is 0 Å². The van der Waals surface area contributed by atoms with Crippen molar-refractivity contribution in [2.24, 2.45) is 0 Å². The summed E-state index contributed by atoms with van der Waals surface area (Å²) in [7, 11) is 0. The lowest BCUT2D eigenvalue weighted by Crippen LogP contribution is -2.27. The number of esters is 2. The molecule has 1 unspecified atom stereocenters. The highest BCUT2D eigenvalue weighted by Crippen LogP contribution is 2.24. The molecule has 214 valence electrons. The van der Waals surface area contributed by atoms with Crippen molar-refractivity contribution < 1.29 is 23.8 Å². The lowest BCUT2D eigenvalue weighted by molar-refractivity contribution is -0.149. The third kappa shape index (κ3) is 23.6. The Balaban J connectivity index is 3.93. The van der Waals surface area contributed by atoms with Gasteiger partial charge in [0.15, 0.2) is 0 Å². The van der Waals surface area contributed by atoms with E-state index in [0.717, 1.165) is 32.1 Å². The van der Waals surface area contributed by atoms with Crippen LogP contribution in [-0.2, 0) is 23.8 Å². The van der Waals surface area contributed by atoms with Crippen molar-refractivity contribution in [2.75, 3.05) is 19.8 Å². The minimum atomic E-state index is -0.581. The molecule has 0 aliphatic carbocycles. The number of carbonyl (C=O) groups is 2. The van der Waals surface area contributed by atoms with Gasteiger partial charge in [-0.2, -0.15) is 0 Å².